The van der Waals surface area contributed by atoms with E-state index < -0.39 is 0 Å². The molecule has 0 saturated heterocycles. The molecular formula is C23H34InNO2. The second-order valence-electron chi connectivity index (χ2n) is 7.35. The zero-order valence-corrected chi connectivity index (χ0v) is 23.0. The van der Waals surface area contributed by atoms with Crippen LogP contribution >= 0.6 is 0 Å². The van der Waals surface area contributed by atoms with Crippen molar-refractivity contribution in [2.75, 3.05) is 14.2 Å². The van der Waals surface area contributed by atoms with E-state index in [2.05, 4.69) is 72.8 Å². The molecule has 0 amide bonds. The van der Waals surface area contributed by atoms with Gasteiger partial charge in [-0.15, -0.1) is 0 Å². The fourth-order valence-electron chi connectivity index (χ4n) is 3.51. The molecule has 0 fully saturated rings. The van der Waals surface area contributed by atoms with Gasteiger partial charge in [-0.05, 0) is 0 Å². The summed E-state index contributed by atoms with van der Waals surface area (Å²) in [5, 5.41) is 0. The van der Waals surface area contributed by atoms with Gasteiger partial charge in [0.25, 0.3) is 0 Å². The van der Waals surface area contributed by atoms with Gasteiger partial charge in [0.05, 0.1) is 0 Å². The third-order valence-electron chi connectivity index (χ3n) is 5.10. The Morgan fingerprint density at radius 2 is 1.59 bits per heavy atom. The summed E-state index contributed by atoms with van der Waals surface area (Å²) < 4.78 is 12.1. The van der Waals surface area contributed by atoms with Gasteiger partial charge < -0.3 is 0 Å². The SMILES string of the molecule is CCCC(OC)C(CC[CH]([InH2])C=C1C=CN(Cc2ccccc2)C=C1)OC. The molecule has 3 atom stereocenters. The third-order valence-corrected chi connectivity index (χ3v) is 7.70. The number of methoxy groups -OCH3 is 2. The number of hydrogen-bond acceptors (Lipinski definition) is 3. The number of ether oxygens (including phenoxy) is 2. The summed E-state index contributed by atoms with van der Waals surface area (Å²) >= 11 is 0.576. The van der Waals surface area contributed by atoms with Gasteiger partial charge in [0.15, 0.2) is 0 Å². The predicted octanol–water partition coefficient (Wildman–Crippen LogP) is 4.49. The molecule has 0 aliphatic carbocycles. The Hall–Kier alpha value is -0.970. The maximum atomic E-state index is 5.71. The molecular weight excluding hydrogens is 437 g/mol. The molecule has 0 radical (unpaired) electrons. The van der Waals surface area contributed by atoms with E-state index in [0.717, 1.165) is 25.8 Å². The van der Waals surface area contributed by atoms with Gasteiger partial charge in [0, 0.05) is 0 Å². The first-order chi connectivity index (χ1) is 13.2. The van der Waals surface area contributed by atoms with Gasteiger partial charge in [-0.2, -0.15) is 0 Å². The minimum atomic E-state index is 0.209. The summed E-state index contributed by atoms with van der Waals surface area (Å²) in [5.74, 6) is 0. The number of benzene rings is 1. The van der Waals surface area contributed by atoms with Crippen molar-refractivity contribution in [1.29, 1.82) is 0 Å². The van der Waals surface area contributed by atoms with E-state index in [9.17, 15) is 0 Å². The van der Waals surface area contributed by atoms with Crippen molar-refractivity contribution >= 4 is 24.4 Å². The Labute approximate surface area is 179 Å². The Morgan fingerprint density at radius 1 is 0.963 bits per heavy atom. The molecule has 3 nitrogen and oxygen atoms in total. The molecule has 1 aliphatic heterocycles. The van der Waals surface area contributed by atoms with Crippen LogP contribution in [-0.2, 0) is 16.0 Å². The van der Waals surface area contributed by atoms with E-state index >= 15 is 0 Å². The molecule has 146 valence electrons. The standard InChI is InChI=1S/C23H32NO2.In.2H/c1-4-10-22(25-2)23(26-3)14-9-8-11-20-15-17-24(18-16-20)19-21-12-6-5-7-13-21;;;/h5-8,11-13,15-18,22-23H,4,9-10,14,19H2,1-3H3;;;. The fourth-order valence-corrected chi connectivity index (χ4v) is 5.56. The Balaban J connectivity index is 1.82. The number of nitrogens with zero attached hydrogens (tertiary/aromatic N) is 1. The molecule has 1 heterocycles. The van der Waals surface area contributed by atoms with Crippen LogP contribution < -0.4 is 0 Å². The van der Waals surface area contributed by atoms with Crippen molar-refractivity contribution in [2.24, 2.45) is 0 Å². The van der Waals surface area contributed by atoms with Crippen LogP contribution in [0, 0.1) is 0 Å². The van der Waals surface area contributed by atoms with Gasteiger partial charge in [0.2, 0.25) is 0 Å². The van der Waals surface area contributed by atoms with Crippen LogP contribution in [0.15, 0.2) is 66.5 Å². The summed E-state index contributed by atoms with van der Waals surface area (Å²) in [7, 11) is 3.61. The van der Waals surface area contributed by atoms with Gasteiger partial charge >= 0.3 is 180 Å². The van der Waals surface area contributed by atoms with Crippen molar-refractivity contribution in [3.05, 3.63) is 72.1 Å². The van der Waals surface area contributed by atoms with Crippen LogP contribution in [0.1, 0.15) is 38.2 Å². The van der Waals surface area contributed by atoms with Crippen molar-refractivity contribution in [1.82, 2.24) is 4.90 Å². The van der Waals surface area contributed by atoms with Crippen LogP contribution in [0.4, 0.5) is 0 Å². The summed E-state index contributed by atoms with van der Waals surface area (Å²) in [6.07, 6.45) is 16.2. The molecule has 1 aromatic rings. The molecule has 27 heavy (non-hydrogen) atoms. The summed E-state index contributed by atoms with van der Waals surface area (Å²) in [4.78, 5) is 2.23. The Kier molecular flexibility index (Phi) is 10.3. The average molecular weight is 471 g/mol. The predicted molar refractivity (Wildman–Crippen MR) is 116 cm³/mol. The van der Waals surface area contributed by atoms with Gasteiger partial charge in [0.1, 0.15) is 0 Å². The normalized spacial score (nSPS) is 17.0. The van der Waals surface area contributed by atoms with E-state index in [1.54, 1.807) is 7.11 Å². The topological polar surface area (TPSA) is 21.7 Å². The Bertz CT molecular complexity index is 611. The molecule has 0 spiro atoms. The van der Waals surface area contributed by atoms with E-state index in [0.29, 0.717) is 28.0 Å². The zero-order valence-electron chi connectivity index (χ0n) is 17.3. The second-order valence-corrected chi connectivity index (χ2v) is 11.6. The van der Waals surface area contributed by atoms with Crippen LogP contribution in [0.5, 0.6) is 0 Å². The molecule has 0 aromatic heterocycles. The molecule has 1 aliphatic rings. The summed E-state index contributed by atoms with van der Waals surface area (Å²) in [6.45, 7) is 3.12. The summed E-state index contributed by atoms with van der Waals surface area (Å²) in [5.41, 5.74) is 2.66. The van der Waals surface area contributed by atoms with Crippen LogP contribution in [-0.4, -0.2) is 55.7 Å². The van der Waals surface area contributed by atoms with Crippen LogP contribution in [0.2, 0.25) is 3.67 Å². The first kappa shape index (κ1) is 22.3. The minimum absolute atomic E-state index is 0.209. The molecule has 0 saturated carbocycles. The second kappa shape index (κ2) is 12.5. The number of hydrogen-bond donors (Lipinski definition) is 0. The van der Waals surface area contributed by atoms with Gasteiger partial charge in [-0.3, -0.25) is 0 Å². The van der Waals surface area contributed by atoms with E-state index in [1.165, 1.54) is 17.6 Å². The Morgan fingerprint density at radius 3 is 2.19 bits per heavy atom. The number of allylic oxidation sites excluding steroid dienone is 4. The molecule has 1 aromatic carbocycles. The van der Waals surface area contributed by atoms with Crippen LogP contribution in [0.25, 0.3) is 0 Å². The fraction of sp³-hybridized carbons (Fsp3) is 0.478. The number of rotatable bonds is 11. The average Bonchev–Trinajstić information content (AvgIpc) is 2.70. The first-order valence-corrected chi connectivity index (χ1v) is 13.4. The van der Waals surface area contributed by atoms with Crippen molar-refractivity contribution in [3.8, 4) is 0 Å². The van der Waals surface area contributed by atoms with Crippen molar-refractivity contribution in [2.45, 2.75) is 55.0 Å². The van der Waals surface area contributed by atoms with Crippen molar-refractivity contribution < 1.29 is 9.47 Å². The third kappa shape index (κ3) is 7.89. The molecule has 2 rings (SSSR count). The molecule has 0 bridgehead atoms. The molecule has 3 unspecified atom stereocenters. The quantitative estimate of drug-likeness (QED) is 0.475. The van der Waals surface area contributed by atoms with Gasteiger partial charge in [-0.1, -0.05) is 0 Å². The molecule has 0 N–H and O–H groups in total. The van der Waals surface area contributed by atoms with E-state index in [-0.39, 0.29) is 12.2 Å². The summed E-state index contributed by atoms with van der Waals surface area (Å²) in [6, 6.07) is 10.6. The van der Waals surface area contributed by atoms with Gasteiger partial charge in [-0.25, -0.2) is 0 Å². The van der Waals surface area contributed by atoms with Crippen molar-refractivity contribution in [3.63, 3.8) is 0 Å². The zero-order chi connectivity index (χ0) is 19.5. The maximum absolute atomic E-state index is 5.71. The van der Waals surface area contributed by atoms with Crippen LogP contribution in [0.3, 0.4) is 0 Å². The van der Waals surface area contributed by atoms with E-state index in [1.807, 2.05) is 7.11 Å². The first-order valence-electron chi connectivity index (χ1n) is 10.1. The molecule has 4 heteroatoms. The van der Waals surface area contributed by atoms with E-state index in [4.69, 9.17) is 9.47 Å². The monoisotopic (exact) mass is 471 g/mol.